The summed E-state index contributed by atoms with van der Waals surface area (Å²) in [6.07, 6.45) is 1.70. The smallest absolute Gasteiger partial charge is 0.203 e. The van der Waals surface area contributed by atoms with E-state index in [4.69, 9.17) is 0 Å². The monoisotopic (exact) mass is 306 g/mol. The highest BCUT2D eigenvalue weighted by Crippen LogP contribution is 2.23. The first-order valence-corrected chi connectivity index (χ1v) is 7.76. The topological polar surface area (TPSA) is 45.8 Å². The largest absolute Gasteiger partial charge is 0.346 e. The Balaban J connectivity index is 2.46. The van der Waals surface area contributed by atoms with E-state index in [0.717, 1.165) is 22.5 Å². The molecule has 3 heteroatoms. The Morgan fingerprint density at radius 3 is 2.43 bits per heavy atom. The van der Waals surface area contributed by atoms with Gasteiger partial charge in [0.1, 0.15) is 11.6 Å². The molecule has 0 N–H and O–H groups in total. The van der Waals surface area contributed by atoms with Gasteiger partial charge >= 0.3 is 0 Å². The van der Waals surface area contributed by atoms with Gasteiger partial charge in [0.2, 0.25) is 5.78 Å². The summed E-state index contributed by atoms with van der Waals surface area (Å²) in [4.78, 5) is 12.6. The van der Waals surface area contributed by atoms with Gasteiger partial charge in [-0.05, 0) is 58.4 Å². The number of rotatable bonds is 4. The summed E-state index contributed by atoms with van der Waals surface area (Å²) < 4.78 is 2.21. The van der Waals surface area contributed by atoms with Crippen LogP contribution in [-0.4, -0.2) is 10.4 Å². The molecule has 0 saturated carbocycles. The standard InChI is InChI=1S/C20H22N2O/c1-13(2)22-15(4)10-18(16(22)5)11-19(12-21)20(23)17-8-6-7-14(3)9-17/h6-11,13H,1-5H3/b19-11+. The molecule has 23 heavy (non-hydrogen) atoms. The Hall–Kier alpha value is -2.60. The molecule has 0 saturated heterocycles. The lowest BCUT2D eigenvalue weighted by molar-refractivity contribution is 0.104. The molecule has 3 nitrogen and oxygen atoms in total. The van der Waals surface area contributed by atoms with Crippen molar-refractivity contribution < 1.29 is 4.79 Å². The van der Waals surface area contributed by atoms with Crippen molar-refractivity contribution in [2.75, 3.05) is 0 Å². The second kappa shape index (κ2) is 6.66. The molecule has 1 aromatic carbocycles. The Bertz CT molecular complexity index is 817. The van der Waals surface area contributed by atoms with Crippen molar-refractivity contribution >= 4 is 11.9 Å². The van der Waals surface area contributed by atoms with Crippen LogP contribution in [0.5, 0.6) is 0 Å². The molecule has 0 fully saturated rings. The van der Waals surface area contributed by atoms with E-state index in [1.807, 2.05) is 45.0 Å². The highest BCUT2D eigenvalue weighted by atomic mass is 16.1. The molecule has 0 unspecified atom stereocenters. The molecular weight excluding hydrogens is 284 g/mol. The van der Waals surface area contributed by atoms with Crippen LogP contribution in [0.3, 0.4) is 0 Å². The second-order valence-electron chi connectivity index (χ2n) is 6.16. The normalized spacial score (nSPS) is 11.6. The van der Waals surface area contributed by atoms with Gasteiger partial charge in [-0.3, -0.25) is 4.79 Å². The fraction of sp³-hybridized carbons (Fsp3) is 0.300. The fourth-order valence-electron chi connectivity index (χ4n) is 2.99. The zero-order valence-electron chi connectivity index (χ0n) is 14.3. The molecule has 1 heterocycles. The molecule has 0 spiro atoms. The Labute approximate surface area is 137 Å². The first kappa shape index (κ1) is 16.8. The molecule has 0 amide bonds. The van der Waals surface area contributed by atoms with Crippen molar-refractivity contribution in [2.24, 2.45) is 0 Å². The van der Waals surface area contributed by atoms with Gasteiger partial charge in [-0.2, -0.15) is 5.26 Å². The third kappa shape index (κ3) is 3.43. The minimum atomic E-state index is -0.231. The van der Waals surface area contributed by atoms with Crippen LogP contribution >= 0.6 is 0 Å². The summed E-state index contributed by atoms with van der Waals surface area (Å²) in [5, 5.41) is 9.42. The van der Waals surface area contributed by atoms with Crippen molar-refractivity contribution in [3.8, 4) is 6.07 Å². The minimum absolute atomic E-state index is 0.166. The van der Waals surface area contributed by atoms with E-state index >= 15 is 0 Å². The first-order valence-electron chi connectivity index (χ1n) is 7.76. The summed E-state index contributed by atoms with van der Waals surface area (Å²) in [6, 6.07) is 11.7. The fourth-order valence-corrected chi connectivity index (χ4v) is 2.99. The summed E-state index contributed by atoms with van der Waals surface area (Å²) in [5.41, 5.74) is 4.85. The quantitative estimate of drug-likeness (QED) is 0.463. The number of hydrogen-bond donors (Lipinski definition) is 0. The summed E-state index contributed by atoms with van der Waals surface area (Å²) in [5.74, 6) is -0.231. The molecule has 0 aliphatic rings. The number of ketones is 1. The van der Waals surface area contributed by atoms with Gasteiger partial charge in [0.15, 0.2) is 0 Å². The Morgan fingerprint density at radius 2 is 1.91 bits per heavy atom. The number of carbonyl (C=O) groups excluding carboxylic acids is 1. The third-order valence-corrected chi connectivity index (χ3v) is 3.99. The molecule has 0 atom stereocenters. The molecule has 0 radical (unpaired) electrons. The van der Waals surface area contributed by atoms with Crippen molar-refractivity contribution in [1.29, 1.82) is 5.26 Å². The number of aromatic nitrogens is 1. The SMILES string of the molecule is Cc1cccc(C(=O)/C(C#N)=C/c2cc(C)n(C(C)C)c2C)c1. The van der Waals surface area contributed by atoms with Crippen LogP contribution in [0.1, 0.15) is 52.8 Å². The van der Waals surface area contributed by atoms with Crippen LogP contribution in [0.2, 0.25) is 0 Å². The van der Waals surface area contributed by atoms with Crippen molar-refractivity contribution in [3.05, 3.63) is 64.0 Å². The van der Waals surface area contributed by atoms with Gasteiger partial charge in [-0.1, -0.05) is 23.8 Å². The van der Waals surface area contributed by atoms with Crippen LogP contribution in [-0.2, 0) is 0 Å². The number of benzene rings is 1. The van der Waals surface area contributed by atoms with E-state index in [2.05, 4.69) is 24.5 Å². The summed E-state index contributed by atoms with van der Waals surface area (Å²) in [6.45, 7) is 10.2. The van der Waals surface area contributed by atoms with Crippen LogP contribution < -0.4 is 0 Å². The van der Waals surface area contributed by atoms with E-state index in [-0.39, 0.29) is 11.4 Å². The maximum absolute atomic E-state index is 12.6. The summed E-state index contributed by atoms with van der Waals surface area (Å²) in [7, 11) is 0. The van der Waals surface area contributed by atoms with Gasteiger partial charge < -0.3 is 4.57 Å². The molecule has 0 aliphatic heterocycles. The molecule has 0 aliphatic carbocycles. The lowest BCUT2D eigenvalue weighted by atomic mass is 10.0. The number of nitrogens with zero attached hydrogens (tertiary/aromatic N) is 2. The van der Waals surface area contributed by atoms with Gasteiger partial charge in [0.25, 0.3) is 0 Å². The van der Waals surface area contributed by atoms with E-state index in [1.54, 1.807) is 12.1 Å². The van der Waals surface area contributed by atoms with Gasteiger partial charge in [-0.15, -0.1) is 0 Å². The first-order chi connectivity index (χ1) is 10.8. The van der Waals surface area contributed by atoms with E-state index in [1.165, 1.54) is 0 Å². The van der Waals surface area contributed by atoms with Crippen LogP contribution in [0.15, 0.2) is 35.9 Å². The lowest BCUT2D eigenvalue weighted by Crippen LogP contribution is -2.05. The number of hydrogen-bond acceptors (Lipinski definition) is 2. The Kier molecular flexibility index (Phi) is 4.86. The number of nitriles is 1. The zero-order valence-corrected chi connectivity index (χ0v) is 14.3. The second-order valence-corrected chi connectivity index (χ2v) is 6.16. The van der Waals surface area contributed by atoms with Gasteiger partial charge in [-0.25, -0.2) is 0 Å². The van der Waals surface area contributed by atoms with E-state index in [0.29, 0.717) is 11.6 Å². The molecule has 2 aromatic rings. The molecule has 118 valence electrons. The molecule has 2 rings (SSSR count). The maximum Gasteiger partial charge on any atom is 0.203 e. The van der Waals surface area contributed by atoms with Gasteiger partial charge in [0.05, 0.1) is 0 Å². The molecular formula is C20H22N2O. The Morgan fingerprint density at radius 1 is 1.22 bits per heavy atom. The van der Waals surface area contributed by atoms with Crippen molar-refractivity contribution in [2.45, 2.75) is 40.7 Å². The highest BCUT2D eigenvalue weighted by molar-refractivity contribution is 6.14. The minimum Gasteiger partial charge on any atom is -0.346 e. The average Bonchev–Trinajstić information content (AvgIpc) is 2.78. The summed E-state index contributed by atoms with van der Waals surface area (Å²) >= 11 is 0. The zero-order chi connectivity index (χ0) is 17.1. The number of Topliss-reactive ketones (excluding diaryl/α,β-unsaturated/α-hetero) is 1. The van der Waals surface area contributed by atoms with Crippen molar-refractivity contribution in [1.82, 2.24) is 4.57 Å². The van der Waals surface area contributed by atoms with E-state index < -0.39 is 0 Å². The molecule has 1 aromatic heterocycles. The van der Waals surface area contributed by atoms with Crippen LogP contribution in [0, 0.1) is 32.1 Å². The number of aryl methyl sites for hydroxylation is 2. The highest BCUT2D eigenvalue weighted by Gasteiger charge is 2.15. The predicted molar refractivity (Wildman–Crippen MR) is 93.4 cm³/mol. The number of carbonyl (C=O) groups is 1. The van der Waals surface area contributed by atoms with Crippen molar-refractivity contribution in [3.63, 3.8) is 0 Å². The number of allylic oxidation sites excluding steroid dienone is 1. The third-order valence-electron chi connectivity index (χ3n) is 3.99. The van der Waals surface area contributed by atoms with E-state index in [9.17, 15) is 10.1 Å². The maximum atomic E-state index is 12.6. The average molecular weight is 306 g/mol. The lowest BCUT2D eigenvalue weighted by Gasteiger charge is -2.13. The van der Waals surface area contributed by atoms with Crippen LogP contribution in [0.25, 0.3) is 6.08 Å². The van der Waals surface area contributed by atoms with Gasteiger partial charge in [0, 0.05) is 23.0 Å². The van der Waals surface area contributed by atoms with Crippen LogP contribution in [0.4, 0.5) is 0 Å². The molecule has 0 bridgehead atoms. The predicted octanol–water partition coefficient (Wildman–Crippen LogP) is 4.78.